The first kappa shape index (κ1) is 7.67. The lowest BCUT2D eigenvalue weighted by atomic mass is 10.2. The highest BCUT2D eigenvalue weighted by Gasteiger charge is 1.89. The van der Waals surface area contributed by atoms with Gasteiger partial charge in [-0.15, -0.1) is 10.4 Å². The van der Waals surface area contributed by atoms with E-state index in [1.807, 2.05) is 30.3 Å². The number of aromatic nitrogens is 2. The molecule has 0 saturated heterocycles. The van der Waals surface area contributed by atoms with Gasteiger partial charge in [0.15, 0.2) is 5.58 Å². The monoisotopic (exact) mass is 175 g/mol. The minimum absolute atomic E-state index is 0.384. The van der Waals surface area contributed by atoms with Crippen molar-refractivity contribution in [2.75, 3.05) is 5.73 Å². The summed E-state index contributed by atoms with van der Waals surface area (Å²) in [6.07, 6.45) is 0. The summed E-state index contributed by atoms with van der Waals surface area (Å²) in [4.78, 5) is 0. The Labute approximate surface area is 74.6 Å². The molecule has 0 spiro atoms. The van der Waals surface area contributed by atoms with Gasteiger partial charge in [0.25, 0.3) is 0 Å². The van der Waals surface area contributed by atoms with Gasteiger partial charge < -0.3 is 10.3 Å². The van der Waals surface area contributed by atoms with Crippen molar-refractivity contribution in [3.63, 3.8) is 0 Å². The van der Waals surface area contributed by atoms with E-state index >= 15 is 0 Å². The molecule has 1 aromatic carbocycles. The van der Waals surface area contributed by atoms with Crippen LogP contribution in [0.1, 0.15) is 0 Å². The second-order valence-electron chi connectivity index (χ2n) is 2.60. The highest BCUT2D eigenvalue weighted by molar-refractivity contribution is 5.75. The van der Waals surface area contributed by atoms with E-state index in [2.05, 4.69) is 10.4 Å². The van der Waals surface area contributed by atoms with E-state index in [-0.39, 0.29) is 0 Å². The first-order valence-electron chi connectivity index (χ1n) is 3.88. The van der Waals surface area contributed by atoms with Crippen LogP contribution in [-0.2, 0) is 0 Å². The summed E-state index contributed by atoms with van der Waals surface area (Å²) in [5.74, 6) is 0.384. The average molecular weight is 175 g/mol. The molecule has 0 bridgehead atoms. The fourth-order valence-corrected chi connectivity index (χ4v) is 1.05. The van der Waals surface area contributed by atoms with Gasteiger partial charge in [-0.2, -0.15) is 0 Å². The van der Waals surface area contributed by atoms with Crippen LogP contribution in [0.15, 0.2) is 40.9 Å². The highest BCUT2D eigenvalue weighted by Crippen LogP contribution is 2.09. The van der Waals surface area contributed by atoms with Crippen LogP contribution < -0.4 is 5.73 Å². The lowest BCUT2D eigenvalue weighted by Crippen LogP contribution is -1.88. The molecular formula is C9H9N3O. The third-order valence-electron chi connectivity index (χ3n) is 1.68. The molecule has 4 nitrogen and oxygen atoms in total. The predicted octanol–water partition coefficient (Wildman–Crippen LogP) is 1.86. The summed E-state index contributed by atoms with van der Waals surface area (Å²) in [7, 11) is 0. The van der Waals surface area contributed by atoms with Crippen molar-refractivity contribution in [1.82, 2.24) is 10.4 Å². The largest absolute Gasteiger partial charge is 0.382 e. The van der Waals surface area contributed by atoms with Gasteiger partial charge >= 0.3 is 0 Å². The highest BCUT2D eigenvalue weighted by atomic mass is 16.5. The predicted molar refractivity (Wildman–Crippen MR) is 50.4 cm³/mol. The molecule has 0 saturated carbocycles. The van der Waals surface area contributed by atoms with Crippen molar-refractivity contribution >= 4 is 16.8 Å². The van der Waals surface area contributed by atoms with Crippen LogP contribution in [0.25, 0.3) is 11.0 Å². The number of nitrogens with zero attached hydrogens (tertiary/aromatic N) is 1. The number of fused-ring (bicyclic) bond motifs is 1. The van der Waals surface area contributed by atoms with Crippen molar-refractivity contribution in [1.29, 1.82) is 0 Å². The maximum Gasteiger partial charge on any atom is 0.164 e. The average Bonchev–Trinajstić information content (AvgIpc) is 2.13. The normalized spacial score (nSPS) is 9.85. The summed E-state index contributed by atoms with van der Waals surface area (Å²) in [5, 5.41) is 7.09. The number of nitrogens with two attached hydrogens (primary N) is 1. The zero-order valence-electron chi connectivity index (χ0n) is 6.90. The molecule has 13 heavy (non-hydrogen) atoms. The first-order chi connectivity index (χ1) is 6.36. The molecule has 0 fully saturated rings. The topological polar surface area (TPSA) is 67.8 Å². The first-order valence-corrected chi connectivity index (χ1v) is 3.88. The fourth-order valence-electron chi connectivity index (χ4n) is 1.05. The maximum atomic E-state index is 5.48. The van der Waals surface area contributed by atoms with E-state index in [1.54, 1.807) is 6.07 Å². The van der Waals surface area contributed by atoms with Gasteiger partial charge in [0.1, 0.15) is 5.82 Å². The standard InChI is InChI=1S/C9H9N3O/c10-9-6-5-7-3-1-2-4-8(7)13-12-11-9/h1-6,12H,(H2,10,11). The molecule has 0 radical (unpaired) electrons. The Balaban J connectivity index is 2.80. The van der Waals surface area contributed by atoms with Gasteiger partial charge in [0, 0.05) is 5.39 Å². The summed E-state index contributed by atoms with van der Waals surface area (Å²) in [6.45, 7) is 0. The van der Waals surface area contributed by atoms with Crippen LogP contribution in [0, 0.1) is 0 Å². The molecule has 66 valence electrons. The van der Waals surface area contributed by atoms with Crippen LogP contribution in [0.3, 0.4) is 0 Å². The van der Waals surface area contributed by atoms with Crippen molar-refractivity contribution in [3.8, 4) is 0 Å². The second kappa shape index (κ2) is 3.18. The van der Waals surface area contributed by atoms with Gasteiger partial charge in [0.2, 0.25) is 0 Å². The molecule has 1 heterocycles. The van der Waals surface area contributed by atoms with Crippen molar-refractivity contribution in [2.24, 2.45) is 0 Å². The van der Waals surface area contributed by atoms with Crippen molar-refractivity contribution in [3.05, 3.63) is 36.4 Å². The van der Waals surface area contributed by atoms with Gasteiger partial charge in [-0.25, -0.2) is 0 Å². The third-order valence-corrected chi connectivity index (χ3v) is 1.68. The number of para-hydroxylation sites is 1. The quantitative estimate of drug-likeness (QED) is 0.642. The van der Waals surface area contributed by atoms with E-state index in [1.165, 1.54) is 0 Å². The molecule has 4 heteroatoms. The Morgan fingerprint density at radius 3 is 2.92 bits per heavy atom. The molecule has 2 aromatic rings. The van der Waals surface area contributed by atoms with Crippen LogP contribution in [-0.4, -0.2) is 10.4 Å². The zero-order valence-corrected chi connectivity index (χ0v) is 6.90. The van der Waals surface area contributed by atoms with E-state index in [9.17, 15) is 0 Å². The Bertz CT molecular complexity index is 457. The molecule has 0 aliphatic carbocycles. The molecule has 0 amide bonds. The minimum Gasteiger partial charge on any atom is -0.382 e. The number of anilines is 1. The lowest BCUT2D eigenvalue weighted by Gasteiger charge is -1.92. The van der Waals surface area contributed by atoms with E-state index in [4.69, 9.17) is 10.3 Å². The van der Waals surface area contributed by atoms with E-state index in [0.29, 0.717) is 5.82 Å². The Hall–Kier alpha value is -1.97. The maximum absolute atomic E-state index is 5.48. The summed E-state index contributed by atoms with van der Waals surface area (Å²) >= 11 is 0. The number of rotatable bonds is 0. The minimum atomic E-state index is 0.384. The Morgan fingerprint density at radius 1 is 1.15 bits per heavy atom. The van der Waals surface area contributed by atoms with Crippen molar-refractivity contribution < 1.29 is 4.52 Å². The lowest BCUT2D eigenvalue weighted by molar-refractivity contribution is 0.405. The molecule has 0 unspecified atom stereocenters. The number of hydrogen-bond acceptors (Lipinski definition) is 3. The Kier molecular flexibility index (Phi) is 1.88. The smallest absolute Gasteiger partial charge is 0.164 e. The zero-order chi connectivity index (χ0) is 9.10. The van der Waals surface area contributed by atoms with Crippen molar-refractivity contribution in [2.45, 2.75) is 0 Å². The molecule has 0 aliphatic heterocycles. The molecule has 0 atom stereocenters. The van der Waals surface area contributed by atoms with Gasteiger partial charge in [-0.3, -0.25) is 0 Å². The second-order valence-corrected chi connectivity index (χ2v) is 2.60. The summed E-state index contributed by atoms with van der Waals surface area (Å²) in [6, 6.07) is 11.2. The summed E-state index contributed by atoms with van der Waals surface area (Å²) in [5.41, 5.74) is 6.21. The number of nitrogen functional groups attached to an aromatic ring is 1. The van der Waals surface area contributed by atoms with Crippen LogP contribution >= 0.6 is 0 Å². The van der Waals surface area contributed by atoms with Gasteiger partial charge in [0.05, 0.1) is 0 Å². The van der Waals surface area contributed by atoms with E-state index < -0.39 is 0 Å². The van der Waals surface area contributed by atoms with Crippen LogP contribution in [0.5, 0.6) is 0 Å². The molecule has 2 rings (SSSR count). The number of aromatic amines is 1. The third kappa shape index (κ3) is 1.61. The number of hydrogen-bond donors (Lipinski definition) is 2. The molecule has 0 aliphatic rings. The molecule has 3 N–H and O–H groups in total. The van der Waals surface area contributed by atoms with Crippen LogP contribution in [0.4, 0.5) is 5.82 Å². The van der Waals surface area contributed by atoms with E-state index in [0.717, 1.165) is 11.0 Å². The van der Waals surface area contributed by atoms with Crippen LogP contribution in [0.2, 0.25) is 0 Å². The van der Waals surface area contributed by atoms with Gasteiger partial charge in [-0.05, 0) is 18.2 Å². The SMILES string of the molecule is Nc1ccc2ccccc2o[nH]n1. The number of benzene rings is 1. The fraction of sp³-hybridized carbons (Fsp3) is 0. The van der Waals surface area contributed by atoms with Gasteiger partial charge in [-0.1, -0.05) is 18.2 Å². The summed E-state index contributed by atoms with van der Waals surface area (Å²) < 4.78 is 5.13. The molecular weight excluding hydrogens is 166 g/mol. The molecule has 1 aromatic heterocycles. The Morgan fingerprint density at radius 2 is 2.00 bits per heavy atom. The number of nitrogens with one attached hydrogen (secondary N) is 1. The number of H-pyrrole nitrogens is 1.